The maximum atomic E-state index is 12.3. The number of nitriles is 1. The highest BCUT2D eigenvalue weighted by Crippen LogP contribution is 2.17. The lowest BCUT2D eigenvalue weighted by Gasteiger charge is -2.07. The van der Waals surface area contributed by atoms with Crippen molar-refractivity contribution in [1.29, 1.82) is 5.26 Å². The van der Waals surface area contributed by atoms with Crippen molar-refractivity contribution >= 4 is 60.2 Å². The second-order valence-electron chi connectivity index (χ2n) is 4.54. The van der Waals surface area contributed by atoms with Crippen molar-refractivity contribution in [2.45, 2.75) is 26.3 Å². The largest absolute Gasteiger partial charge is 0.286 e. The van der Waals surface area contributed by atoms with Crippen molar-refractivity contribution in [1.82, 2.24) is 8.69 Å². The van der Waals surface area contributed by atoms with Crippen LogP contribution in [0.2, 0.25) is 0 Å². The molecule has 22 heavy (non-hydrogen) atoms. The quantitative estimate of drug-likeness (QED) is 0.229. The first kappa shape index (κ1) is 19.4. The summed E-state index contributed by atoms with van der Waals surface area (Å²) in [6.07, 6.45) is 7.00. The van der Waals surface area contributed by atoms with Gasteiger partial charge >= 0.3 is 0 Å². The average molecular weight is 447 g/mol. The van der Waals surface area contributed by atoms with Crippen molar-refractivity contribution < 1.29 is 4.79 Å². The first-order valence-electron chi connectivity index (χ1n) is 6.65. The Balaban J connectivity index is 3.59. The molecule has 0 aromatic carbocycles. The Hall–Kier alpha value is -0.690. The van der Waals surface area contributed by atoms with Gasteiger partial charge < -0.3 is 0 Å². The number of nitrogens with one attached hydrogen (secondary N) is 1. The van der Waals surface area contributed by atoms with Crippen LogP contribution in [-0.2, 0) is 0 Å². The van der Waals surface area contributed by atoms with Crippen LogP contribution in [0.3, 0.4) is 0 Å². The van der Waals surface area contributed by atoms with E-state index in [0.717, 1.165) is 17.0 Å². The van der Waals surface area contributed by atoms with Crippen LogP contribution in [0.15, 0.2) is 18.2 Å². The molecule has 7 heteroatoms. The second-order valence-corrected chi connectivity index (χ2v) is 6.87. The Morgan fingerprint density at radius 1 is 1.68 bits per heavy atom. The van der Waals surface area contributed by atoms with Crippen molar-refractivity contribution in [2.75, 3.05) is 6.26 Å². The number of hydrogen-bond donors (Lipinski definition) is 1. The summed E-state index contributed by atoms with van der Waals surface area (Å²) in [6.45, 7) is 7.63. The van der Waals surface area contributed by atoms with Crippen molar-refractivity contribution in [3.63, 3.8) is 0 Å². The molecule has 0 amide bonds. The highest BCUT2D eigenvalue weighted by molar-refractivity contribution is 14.2. The molecule has 0 saturated carbocycles. The number of carbonyl (C=O) groups is 1. The number of rotatable bonds is 7. The Morgan fingerprint density at radius 3 is 2.86 bits per heavy atom. The van der Waals surface area contributed by atoms with E-state index in [1.807, 2.05) is 22.4 Å². The van der Waals surface area contributed by atoms with Gasteiger partial charge in [0.05, 0.1) is 10.9 Å². The van der Waals surface area contributed by atoms with Gasteiger partial charge in [0.2, 0.25) is 5.78 Å². The van der Waals surface area contributed by atoms with Gasteiger partial charge in [-0.15, -0.1) is 0 Å². The fourth-order valence-electron chi connectivity index (χ4n) is 1.97. The second kappa shape index (κ2) is 9.45. The molecule has 0 fully saturated rings. The number of nitrogens with zero attached hydrogens (tertiary/aromatic N) is 2. The number of carbonyl (C=O) groups excluding carboxylic acids is 1. The Bertz CT molecular complexity index is 718. The Kier molecular flexibility index (Phi) is 8.31. The molecular weight excluding hydrogens is 429 g/mol. The van der Waals surface area contributed by atoms with Gasteiger partial charge in [0.15, 0.2) is 0 Å². The zero-order chi connectivity index (χ0) is 16.7. The number of aromatic nitrogens is 1. The molecule has 1 rings (SSSR count). The molecule has 0 aliphatic heterocycles. The number of halogens is 1. The number of Topliss-reactive ketones (excluding diaryl/α,β-unsaturated/α-hetero) is 1. The van der Waals surface area contributed by atoms with Crippen molar-refractivity contribution in [3.05, 3.63) is 34.5 Å². The van der Waals surface area contributed by atoms with E-state index in [4.69, 9.17) is 5.26 Å². The summed E-state index contributed by atoms with van der Waals surface area (Å²) in [7, 11) is 1.41. The van der Waals surface area contributed by atoms with Crippen LogP contribution >= 0.6 is 42.3 Å². The molecule has 118 valence electrons. The van der Waals surface area contributed by atoms with Gasteiger partial charge in [-0.2, -0.15) is 5.26 Å². The number of hydrogen-bond acceptors (Lipinski definition) is 5. The van der Waals surface area contributed by atoms with Gasteiger partial charge in [-0.1, -0.05) is 31.5 Å². The Labute approximate surface area is 151 Å². The number of allylic oxidation sites excluding steroid dienone is 1. The predicted octanol–water partition coefficient (Wildman–Crippen LogP) is 2.82. The minimum atomic E-state index is -0.331. The fraction of sp³-hybridized carbons (Fsp3) is 0.333. The molecule has 0 aliphatic rings. The summed E-state index contributed by atoms with van der Waals surface area (Å²) >= 11 is 3.69. The Morgan fingerprint density at radius 2 is 2.36 bits per heavy atom. The predicted molar refractivity (Wildman–Crippen MR) is 105 cm³/mol. The summed E-state index contributed by atoms with van der Waals surface area (Å²) in [5.74, 6) is -0.331. The molecule has 1 aromatic rings. The van der Waals surface area contributed by atoms with Gasteiger partial charge in [-0.3, -0.25) is 13.5 Å². The third kappa shape index (κ3) is 4.65. The van der Waals surface area contributed by atoms with Gasteiger partial charge in [0.1, 0.15) is 11.8 Å². The van der Waals surface area contributed by atoms with Gasteiger partial charge in [0.25, 0.3) is 0 Å². The molecule has 4 nitrogen and oxygen atoms in total. The molecule has 1 unspecified atom stereocenters. The summed E-state index contributed by atoms with van der Waals surface area (Å²) in [5, 5.41) is 10.9. The van der Waals surface area contributed by atoms with Crippen LogP contribution in [0.5, 0.6) is 0 Å². The SMILES string of the molecule is C=C(C#N)C(=O)c1cc(=C/CC)/c(=C\C(C)NSC)n1SI. The lowest BCUT2D eigenvalue weighted by molar-refractivity contribution is 0.103. The van der Waals surface area contributed by atoms with E-state index in [-0.39, 0.29) is 17.4 Å². The molecule has 1 atom stereocenters. The molecule has 0 spiro atoms. The van der Waals surface area contributed by atoms with Crippen molar-refractivity contribution in [2.24, 2.45) is 0 Å². The van der Waals surface area contributed by atoms with Crippen LogP contribution < -0.4 is 15.3 Å². The molecule has 0 radical (unpaired) electrons. The molecular formula is C15H18IN3OS2. The van der Waals surface area contributed by atoms with Crippen LogP contribution in [0.4, 0.5) is 0 Å². The van der Waals surface area contributed by atoms with Crippen LogP contribution in [-0.4, -0.2) is 22.1 Å². The normalized spacial score (nSPS) is 14.0. The van der Waals surface area contributed by atoms with Crippen LogP contribution in [0.25, 0.3) is 12.2 Å². The van der Waals surface area contributed by atoms with Gasteiger partial charge in [-0.25, -0.2) is 0 Å². The standard InChI is InChI=1S/C15H18IN3OS2/c1-5-6-12-8-14(15(20)10(2)9-17)19(22-16)13(12)7-11(3)18-21-4/h6-8,11,18H,2,5H2,1,3-4H3/b12-6-,13-7+. The fourth-order valence-corrected chi connectivity index (χ4v) is 4.13. The molecule has 1 heterocycles. The van der Waals surface area contributed by atoms with Gasteiger partial charge in [-0.05, 0) is 37.0 Å². The third-order valence-corrected chi connectivity index (χ3v) is 5.19. The zero-order valence-electron chi connectivity index (χ0n) is 12.7. The molecule has 0 aliphatic carbocycles. The lowest BCUT2D eigenvalue weighted by atomic mass is 10.1. The van der Waals surface area contributed by atoms with E-state index in [9.17, 15) is 4.79 Å². The van der Waals surface area contributed by atoms with E-state index in [1.165, 1.54) is 9.12 Å². The summed E-state index contributed by atoms with van der Waals surface area (Å²) in [5.41, 5.74) is 0.433. The van der Waals surface area contributed by atoms with E-state index >= 15 is 0 Å². The topological polar surface area (TPSA) is 57.8 Å². The third-order valence-electron chi connectivity index (χ3n) is 2.87. The highest BCUT2D eigenvalue weighted by Gasteiger charge is 2.17. The van der Waals surface area contributed by atoms with E-state index < -0.39 is 0 Å². The maximum Gasteiger partial charge on any atom is 0.220 e. The highest BCUT2D eigenvalue weighted by atomic mass is 127. The minimum Gasteiger partial charge on any atom is -0.286 e. The molecule has 0 bridgehead atoms. The monoisotopic (exact) mass is 447 g/mol. The first-order chi connectivity index (χ1) is 10.5. The molecule has 0 saturated heterocycles. The van der Waals surface area contributed by atoms with Crippen LogP contribution in [0.1, 0.15) is 30.8 Å². The van der Waals surface area contributed by atoms with E-state index in [2.05, 4.69) is 58.5 Å². The lowest BCUT2D eigenvalue weighted by Crippen LogP contribution is -2.31. The molecule has 1 aromatic heterocycles. The van der Waals surface area contributed by atoms with E-state index in [1.54, 1.807) is 11.9 Å². The summed E-state index contributed by atoms with van der Waals surface area (Å²) in [4.78, 5) is 12.3. The van der Waals surface area contributed by atoms with Crippen molar-refractivity contribution in [3.8, 4) is 6.07 Å². The van der Waals surface area contributed by atoms with E-state index in [0.29, 0.717) is 5.69 Å². The van der Waals surface area contributed by atoms with Crippen LogP contribution in [0, 0.1) is 11.3 Å². The summed E-state index contributed by atoms with van der Waals surface area (Å²) in [6, 6.07) is 3.81. The summed E-state index contributed by atoms with van der Waals surface area (Å²) < 4.78 is 5.11. The molecule has 1 N–H and O–H groups in total. The average Bonchev–Trinajstić information content (AvgIpc) is 2.84. The minimum absolute atomic E-state index is 0.0471. The zero-order valence-corrected chi connectivity index (χ0v) is 16.5. The smallest absolute Gasteiger partial charge is 0.220 e. The first-order valence-corrected chi connectivity index (χ1v) is 11.2. The van der Waals surface area contributed by atoms with Gasteiger partial charge in [0, 0.05) is 36.4 Å². The maximum absolute atomic E-state index is 12.3. The number of ketones is 1.